The highest BCUT2D eigenvalue weighted by atomic mass is 32.2. The minimum atomic E-state index is -1.22. The molecule has 0 amide bonds. The van der Waals surface area contributed by atoms with Crippen molar-refractivity contribution in [1.29, 1.82) is 0 Å². The quantitative estimate of drug-likeness (QED) is 0.251. The van der Waals surface area contributed by atoms with E-state index in [0.29, 0.717) is 26.4 Å². The lowest BCUT2D eigenvalue weighted by molar-refractivity contribution is 0.0629. The molecule has 0 aromatic heterocycles. The van der Waals surface area contributed by atoms with E-state index >= 15 is 0 Å². The fourth-order valence-corrected chi connectivity index (χ4v) is 9.92. The van der Waals surface area contributed by atoms with E-state index in [2.05, 4.69) is 121 Å². The van der Waals surface area contributed by atoms with Gasteiger partial charge in [-0.2, -0.15) is 21.9 Å². The largest absolute Gasteiger partial charge is 0.378 e. The zero-order chi connectivity index (χ0) is 30.1. The summed E-state index contributed by atoms with van der Waals surface area (Å²) in [4.78, 5) is 0. The molecule has 0 unspecified atom stereocenters. The van der Waals surface area contributed by atoms with Crippen LogP contribution in [-0.2, 0) is 40.7 Å². The molecule has 0 atom stereocenters. The fourth-order valence-electron chi connectivity index (χ4n) is 5.89. The Bertz CT molecular complexity index is 1200. The van der Waals surface area contributed by atoms with Gasteiger partial charge in [-0.05, 0) is 14.5 Å². The van der Waals surface area contributed by atoms with E-state index in [1.54, 1.807) is 0 Å². The summed E-state index contributed by atoms with van der Waals surface area (Å²) in [6.07, 6.45) is -1.22. The Morgan fingerprint density at radius 2 is 0.750 bits per heavy atom. The molecule has 4 aromatic rings. The fraction of sp³-hybridized carbons (Fsp3) is 0.333. The maximum Gasteiger partial charge on any atom is 0.159 e. The monoisotopic (exact) mass is 629 g/mol. The van der Waals surface area contributed by atoms with Crippen molar-refractivity contribution in [2.75, 3.05) is 75.9 Å². The van der Waals surface area contributed by atoms with Gasteiger partial charge in [-0.1, -0.05) is 121 Å². The molecule has 2 saturated heterocycles. The average molecular weight is 630 g/mol. The highest BCUT2D eigenvalue weighted by Crippen LogP contribution is 2.10. The molecule has 0 bridgehead atoms. The molecule has 0 saturated carbocycles. The van der Waals surface area contributed by atoms with E-state index in [9.17, 15) is 0 Å². The van der Waals surface area contributed by atoms with Gasteiger partial charge in [0.1, 0.15) is 17.2 Å². The highest BCUT2D eigenvalue weighted by Gasteiger charge is 2.31. The topological polar surface area (TPSA) is 49.3 Å². The summed E-state index contributed by atoms with van der Waals surface area (Å²) < 4.78 is 27.1. The van der Waals surface area contributed by atoms with Gasteiger partial charge in [-0.15, -0.1) is 0 Å². The second-order valence-electron chi connectivity index (χ2n) is 10.8. The number of hydrogen-bond acceptors (Lipinski definition) is 5. The van der Waals surface area contributed by atoms with Crippen molar-refractivity contribution in [3.05, 3.63) is 121 Å². The standard InChI is InChI=1S/C24H20B.C12H24NO4S2/c1-5-13-21(14-6-1)25(22-15-7-2-8-16-22,23-17-9-3-10-18-23)24-19-11-4-12-20-24;1-2-15-6-10-18(9-5-14-1)13-19-11-7-16-3-4-17-8-12-19/h1-20H;1-12H2/q-1;+1. The Hall–Kier alpha value is -2.72. The van der Waals surface area contributed by atoms with E-state index in [4.69, 9.17) is 22.7 Å². The maximum atomic E-state index is 5.51. The number of rotatable bonds is 5. The SMILES string of the molecule is C1COCCS(=N[S+]2CCOCCOCC2)CCO1.c1ccc([B-](c2ccccc2)(c2ccccc2)c2ccccc2)cc1. The zero-order valence-electron chi connectivity index (χ0n) is 25.5. The third kappa shape index (κ3) is 9.16. The third-order valence-electron chi connectivity index (χ3n) is 8.01. The molecule has 4 aromatic carbocycles. The van der Waals surface area contributed by atoms with Crippen LogP contribution in [-0.4, -0.2) is 82.0 Å². The van der Waals surface area contributed by atoms with Crippen LogP contribution in [0.2, 0.25) is 0 Å². The smallest absolute Gasteiger partial charge is 0.159 e. The summed E-state index contributed by atoms with van der Waals surface area (Å²) in [5.41, 5.74) is 5.36. The average Bonchev–Trinajstić information content (AvgIpc) is 3.31. The lowest BCUT2D eigenvalue weighted by Gasteiger charge is -2.44. The molecular weight excluding hydrogens is 585 g/mol. The molecule has 2 aliphatic rings. The molecule has 2 fully saturated rings. The first-order chi connectivity index (χ1) is 21.9. The van der Waals surface area contributed by atoms with E-state index in [-0.39, 0.29) is 21.8 Å². The molecule has 0 radical (unpaired) electrons. The second-order valence-corrected chi connectivity index (χ2v) is 14.9. The van der Waals surface area contributed by atoms with Crippen molar-refractivity contribution >= 4 is 49.8 Å². The summed E-state index contributed by atoms with van der Waals surface area (Å²) in [6.45, 7) is 6.07. The van der Waals surface area contributed by atoms with Crippen LogP contribution in [0.25, 0.3) is 0 Å². The van der Waals surface area contributed by atoms with Gasteiger partial charge in [0.2, 0.25) is 0 Å². The molecule has 0 N–H and O–H groups in total. The predicted octanol–water partition coefficient (Wildman–Crippen LogP) is 3.48. The lowest BCUT2D eigenvalue weighted by atomic mass is 9.13. The van der Waals surface area contributed by atoms with E-state index in [1.807, 2.05) is 0 Å². The summed E-state index contributed by atoms with van der Waals surface area (Å²) in [7, 11) is 0.0754. The van der Waals surface area contributed by atoms with Gasteiger partial charge in [0.15, 0.2) is 11.5 Å². The van der Waals surface area contributed by atoms with Gasteiger partial charge in [-0.3, -0.25) is 0 Å². The van der Waals surface area contributed by atoms with Crippen LogP contribution in [0.15, 0.2) is 125 Å². The van der Waals surface area contributed by atoms with Gasteiger partial charge < -0.3 is 18.9 Å². The highest BCUT2D eigenvalue weighted by molar-refractivity contribution is 8.03. The Kier molecular flexibility index (Phi) is 13.6. The first kappa shape index (κ1) is 32.7. The number of ether oxygens (including phenoxy) is 4. The minimum Gasteiger partial charge on any atom is -0.378 e. The summed E-state index contributed by atoms with van der Waals surface area (Å²) in [5.74, 6) is 4.15. The van der Waals surface area contributed by atoms with Crippen LogP contribution in [0.5, 0.6) is 0 Å². The van der Waals surface area contributed by atoms with Crippen LogP contribution < -0.4 is 21.9 Å². The van der Waals surface area contributed by atoms with E-state index in [0.717, 1.165) is 49.4 Å². The minimum absolute atomic E-state index is 0.0754. The molecule has 0 aliphatic carbocycles. The first-order valence-electron chi connectivity index (χ1n) is 15.6. The van der Waals surface area contributed by atoms with Crippen LogP contribution in [0, 0.1) is 0 Å². The molecule has 8 heteroatoms. The van der Waals surface area contributed by atoms with Gasteiger partial charge in [0, 0.05) is 11.5 Å². The van der Waals surface area contributed by atoms with Crippen molar-refractivity contribution < 1.29 is 18.9 Å². The van der Waals surface area contributed by atoms with Gasteiger partial charge in [-0.25, -0.2) is 0 Å². The lowest BCUT2D eigenvalue weighted by Crippen LogP contribution is -2.74. The molecule has 44 heavy (non-hydrogen) atoms. The van der Waals surface area contributed by atoms with Gasteiger partial charge in [0.25, 0.3) is 0 Å². The molecule has 6 rings (SSSR count). The predicted molar refractivity (Wildman–Crippen MR) is 190 cm³/mol. The van der Waals surface area contributed by atoms with Crippen molar-refractivity contribution in [3.63, 3.8) is 0 Å². The molecule has 232 valence electrons. The second kappa shape index (κ2) is 18.3. The Balaban J connectivity index is 0.000000182. The van der Waals surface area contributed by atoms with Crippen molar-refractivity contribution in [1.82, 2.24) is 0 Å². The van der Waals surface area contributed by atoms with Crippen molar-refractivity contribution in [2.24, 2.45) is 3.77 Å². The number of hydrogen-bond donors (Lipinski definition) is 0. The Morgan fingerprint density at radius 1 is 0.432 bits per heavy atom. The normalized spacial score (nSPS) is 17.7. The summed E-state index contributed by atoms with van der Waals surface area (Å²) in [5, 5.41) is 0. The summed E-state index contributed by atoms with van der Waals surface area (Å²) in [6, 6.07) is 43.5. The van der Waals surface area contributed by atoms with Crippen LogP contribution in [0.1, 0.15) is 0 Å². The molecule has 2 aliphatic heterocycles. The Morgan fingerprint density at radius 3 is 1.09 bits per heavy atom. The van der Waals surface area contributed by atoms with Crippen LogP contribution >= 0.6 is 0 Å². The van der Waals surface area contributed by atoms with E-state index < -0.39 is 6.15 Å². The molecule has 5 nitrogen and oxygen atoms in total. The van der Waals surface area contributed by atoms with Crippen molar-refractivity contribution in [2.45, 2.75) is 0 Å². The maximum absolute atomic E-state index is 5.51. The van der Waals surface area contributed by atoms with E-state index in [1.165, 1.54) is 21.9 Å². The zero-order valence-corrected chi connectivity index (χ0v) is 27.1. The molecule has 2 heterocycles. The molecular formula is C36H44BNO4S2. The van der Waals surface area contributed by atoms with Gasteiger partial charge >= 0.3 is 0 Å². The number of nitrogens with zero attached hydrogens (tertiary/aromatic N) is 1. The molecule has 0 spiro atoms. The van der Waals surface area contributed by atoms with Crippen LogP contribution in [0.4, 0.5) is 0 Å². The third-order valence-corrected chi connectivity index (χ3v) is 12.2. The first-order valence-corrected chi connectivity index (χ1v) is 18.7. The van der Waals surface area contributed by atoms with Crippen LogP contribution in [0.3, 0.4) is 0 Å². The number of benzene rings is 4. The van der Waals surface area contributed by atoms with Gasteiger partial charge in [0.05, 0.1) is 52.9 Å². The summed E-state index contributed by atoms with van der Waals surface area (Å²) >= 11 is 0.0754. The van der Waals surface area contributed by atoms with Crippen molar-refractivity contribution in [3.8, 4) is 0 Å². The Labute approximate surface area is 268 Å².